The molecular weight excluding hydrogens is 258 g/mol. The molecule has 1 N–H and O–H groups in total. The van der Waals surface area contributed by atoms with Crippen LogP contribution in [-0.4, -0.2) is 30.3 Å². The summed E-state index contributed by atoms with van der Waals surface area (Å²) in [4.78, 5) is 34.6. The summed E-state index contributed by atoms with van der Waals surface area (Å²) in [5.74, 6) is -1.02. The van der Waals surface area contributed by atoms with E-state index < -0.39 is 17.9 Å². The first kappa shape index (κ1) is 14.2. The van der Waals surface area contributed by atoms with Crippen LogP contribution >= 0.6 is 0 Å². The quantitative estimate of drug-likeness (QED) is 0.641. The number of hydrogen-bond donors (Lipinski definition) is 1. The van der Waals surface area contributed by atoms with Crippen molar-refractivity contribution < 1.29 is 19.1 Å². The van der Waals surface area contributed by atoms with Crippen molar-refractivity contribution in [3.05, 3.63) is 35.4 Å². The lowest BCUT2D eigenvalue weighted by atomic mass is 10.1. The zero-order chi connectivity index (χ0) is 14.5. The number of carbonyl (C=O) groups excluding carboxylic acids is 3. The van der Waals surface area contributed by atoms with Gasteiger partial charge in [0, 0.05) is 12.8 Å². The lowest BCUT2D eigenvalue weighted by Gasteiger charge is -2.08. The summed E-state index contributed by atoms with van der Waals surface area (Å²) in [6, 6.07) is 7.00. The fourth-order valence-corrected chi connectivity index (χ4v) is 2.05. The summed E-state index contributed by atoms with van der Waals surface area (Å²) < 4.78 is 4.74. The van der Waals surface area contributed by atoms with Gasteiger partial charge in [0.2, 0.25) is 5.91 Å². The Balaban J connectivity index is 1.80. The van der Waals surface area contributed by atoms with Crippen molar-refractivity contribution in [2.75, 3.05) is 6.61 Å². The maximum Gasteiger partial charge on any atom is 0.328 e. The van der Waals surface area contributed by atoms with Gasteiger partial charge in [-0.05, 0) is 12.5 Å². The molecule has 0 radical (unpaired) electrons. The van der Waals surface area contributed by atoms with Gasteiger partial charge in [0.15, 0.2) is 0 Å². The second-order valence-corrected chi connectivity index (χ2v) is 4.95. The van der Waals surface area contributed by atoms with Crippen molar-refractivity contribution in [3.8, 4) is 0 Å². The number of nitrogens with one attached hydrogen (secondary N) is 1. The van der Waals surface area contributed by atoms with E-state index in [2.05, 4.69) is 5.32 Å². The molecule has 0 spiro atoms. The Bertz CT molecular complexity index is 521. The Kier molecular flexibility index (Phi) is 4.50. The average molecular weight is 275 g/mol. The Morgan fingerprint density at radius 3 is 2.60 bits per heavy atom. The van der Waals surface area contributed by atoms with Gasteiger partial charge < -0.3 is 10.1 Å². The molecule has 1 aromatic carbocycles. The van der Waals surface area contributed by atoms with Gasteiger partial charge in [-0.3, -0.25) is 9.59 Å². The molecule has 1 saturated heterocycles. The Morgan fingerprint density at radius 1 is 1.30 bits per heavy atom. The molecule has 5 nitrogen and oxygen atoms in total. The van der Waals surface area contributed by atoms with Crippen molar-refractivity contribution in [1.29, 1.82) is 0 Å². The van der Waals surface area contributed by atoms with E-state index in [-0.39, 0.29) is 18.6 Å². The smallest absolute Gasteiger partial charge is 0.328 e. The van der Waals surface area contributed by atoms with Crippen LogP contribution in [-0.2, 0) is 25.5 Å². The van der Waals surface area contributed by atoms with E-state index in [9.17, 15) is 14.4 Å². The fraction of sp³-hybridized carbons (Fsp3) is 0.400. The molecule has 0 aromatic heterocycles. The standard InChI is InChI=1S/C15H17NO4/c1-10-2-4-11(5-3-10)8-12(17)9-14(18)16-13-6-7-20-15(13)19/h2-5,13H,6-9H2,1H3,(H,16,18)/t13-/m1/s1. The monoisotopic (exact) mass is 275 g/mol. The number of Topliss-reactive ketones (excluding diaryl/α,β-unsaturated/α-hetero) is 1. The Hall–Kier alpha value is -2.17. The third kappa shape index (κ3) is 3.91. The molecule has 1 fully saturated rings. The van der Waals surface area contributed by atoms with Gasteiger partial charge in [0.1, 0.15) is 11.8 Å². The van der Waals surface area contributed by atoms with E-state index in [0.29, 0.717) is 13.0 Å². The van der Waals surface area contributed by atoms with E-state index in [4.69, 9.17) is 4.74 Å². The van der Waals surface area contributed by atoms with Gasteiger partial charge in [-0.1, -0.05) is 29.8 Å². The first-order chi connectivity index (χ1) is 9.54. The summed E-state index contributed by atoms with van der Waals surface area (Å²) >= 11 is 0. The highest BCUT2D eigenvalue weighted by Crippen LogP contribution is 2.07. The van der Waals surface area contributed by atoms with E-state index >= 15 is 0 Å². The minimum Gasteiger partial charge on any atom is -0.464 e. The number of benzene rings is 1. The summed E-state index contributed by atoms with van der Waals surface area (Å²) in [5, 5.41) is 2.52. The number of carbonyl (C=O) groups is 3. The molecule has 0 unspecified atom stereocenters. The number of hydrogen-bond acceptors (Lipinski definition) is 4. The molecule has 0 aliphatic carbocycles. The minimum absolute atomic E-state index is 0.169. The van der Waals surface area contributed by atoms with Gasteiger partial charge in [-0.25, -0.2) is 4.79 Å². The van der Waals surface area contributed by atoms with E-state index in [1.165, 1.54) is 0 Å². The van der Waals surface area contributed by atoms with Crippen LogP contribution in [0.5, 0.6) is 0 Å². The van der Waals surface area contributed by atoms with Crippen LogP contribution in [0, 0.1) is 6.92 Å². The topological polar surface area (TPSA) is 72.5 Å². The molecule has 20 heavy (non-hydrogen) atoms. The highest BCUT2D eigenvalue weighted by molar-refractivity contribution is 6.00. The molecule has 1 atom stereocenters. The number of rotatable bonds is 5. The molecule has 106 valence electrons. The SMILES string of the molecule is Cc1ccc(CC(=O)CC(=O)N[C@@H]2CCOC2=O)cc1. The van der Waals surface area contributed by atoms with Crippen LogP contribution < -0.4 is 5.32 Å². The maximum absolute atomic E-state index is 11.8. The highest BCUT2D eigenvalue weighted by Gasteiger charge is 2.28. The van der Waals surface area contributed by atoms with Crippen LogP contribution in [0.1, 0.15) is 24.0 Å². The molecule has 0 bridgehead atoms. The summed E-state index contributed by atoms with van der Waals surface area (Å²) in [7, 11) is 0. The van der Waals surface area contributed by atoms with Crippen molar-refractivity contribution in [3.63, 3.8) is 0 Å². The van der Waals surface area contributed by atoms with E-state index in [0.717, 1.165) is 11.1 Å². The highest BCUT2D eigenvalue weighted by atomic mass is 16.5. The molecule has 5 heteroatoms. The normalized spacial score (nSPS) is 17.6. The second-order valence-electron chi connectivity index (χ2n) is 4.95. The molecule has 2 rings (SSSR count). The summed E-state index contributed by atoms with van der Waals surface area (Å²) in [5.41, 5.74) is 2.01. The van der Waals surface area contributed by atoms with Crippen LogP contribution in [0.4, 0.5) is 0 Å². The zero-order valence-electron chi connectivity index (χ0n) is 11.3. The molecule has 1 aliphatic heterocycles. The third-order valence-electron chi connectivity index (χ3n) is 3.15. The number of cyclic esters (lactones) is 1. The van der Waals surface area contributed by atoms with Gasteiger partial charge >= 0.3 is 5.97 Å². The second kappa shape index (κ2) is 6.32. The average Bonchev–Trinajstić information content (AvgIpc) is 2.77. The number of aryl methyl sites for hydroxylation is 1. The number of amides is 1. The first-order valence-electron chi connectivity index (χ1n) is 6.58. The fourth-order valence-electron chi connectivity index (χ4n) is 2.05. The molecule has 0 saturated carbocycles. The minimum atomic E-state index is -0.602. The number of ether oxygens (including phenoxy) is 1. The van der Waals surface area contributed by atoms with Gasteiger partial charge in [0.05, 0.1) is 13.0 Å². The molecule has 1 aromatic rings. The molecule has 1 heterocycles. The van der Waals surface area contributed by atoms with Crippen molar-refractivity contribution >= 4 is 17.7 Å². The van der Waals surface area contributed by atoms with Crippen LogP contribution in [0.15, 0.2) is 24.3 Å². The molecule has 1 aliphatic rings. The predicted molar refractivity (Wildman–Crippen MR) is 72.0 cm³/mol. The zero-order valence-corrected chi connectivity index (χ0v) is 11.3. The van der Waals surface area contributed by atoms with Crippen molar-refractivity contribution in [1.82, 2.24) is 5.32 Å². The Labute approximate surface area is 117 Å². The number of ketones is 1. The van der Waals surface area contributed by atoms with Crippen LogP contribution in [0.2, 0.25) is 0 Å². The van der Waals surface area contributed by atoms with Gasteiger partial charge in [-0.2, -0.15) is 0 Å². The third-order valence-corrected chi connectivity index (χ3v) is 3.15. The van der Waals surface area contributed by atoms with Crippen molar-refractivity contribution in [2.45, 2.75) is 32.2 Å². The summed E-state index contributed by atoms with van der Waals surface area (Å²) in [6.07, 6.45) is 0.483. The van der Waals surface area contributed by atoms with E-state index in [1.807, 2.05) is 31.2 Å². The lowest BCUT2D eigenvalue weighted by molar-refractivity contribution is -0.141. The first-order valence-corrected chi connectivity index (χ1v) is 6.58. The van der Waals surface area contributed by atoms with Crippen molar-refractivity contribution in [2.24, 2.45) is 0 Å². The lowest BCUT2D eigenvalue weighted by Crippen LogP contribution is -2.38. The van der Waals surface area contributed by atoms with Crippen LogP contribution in [0.3, 0.4) is 0 Å². The van der Waals surface area contributed by atoms with Crippen LogP contribution in [0.25, 0.3) is 0 Å². The van der Waals surface area contributed by atoms with Gasteiger partial charge in [0.25, 0.3) is 0 Å². The van der Waals surface area contributed by atoms with Gasteiger partial charge in [-0.15, -0.1) is 0 Å². The largest absolute Gasteiger partial charge is 0.464 e. The van der Waals surface area contributed by atoms with E-state index in [1.54, 1.807) is 0 Å². The predicted octanol–water partition coefficient (Wildman–Crippen LogP) is 0.928. The Morgan fingerprint density at radius 2 is 2.00 bits per heavy atom. The number of esters is 1. The maximum atomic E-state index is 11.8. The molecular formula is C15H17NO4. The molecule has 1 amide bonds. The summed E-state index contributed by atoms with van der Waals surface area (Å²) in [6.45, 7) is 2.29.